The third kappa shape index (κ3) is 2.62. The highest BCUT2D eigenvalue weighted by Crippen LogP contribution is 2.47. The lowest BCUT2D eigenvalue weighted by Crippen LogP contribution is -2.46. The van der Waals surface area contributed by atoms with E-state index in [1.165, 1.54) is 0 Å². The maximum atomic E-state index is 12.3. The summed E-state index contributed by atoms with van der Waals surface area (Å²) in [7, 11) is 0. The molecule has 1 N–H and O–H groups in total. The van der Waals surface area contributed by atoms with Crippen molar-refractivity contribution in [2.75, 3.05) is 0 Å². The molecule has 1 heterocycles. The van der Waals surface area contributed by atoms with Crippen molar-refractivity contribution in [3.8, 4) is 0 Å². The number of nitrogens with zero attached hydrogens (tertiary/aromatic N) is 1. The zero-order chi connectivity index (χ0) is 15.1. The fourth-order valence-corrected chi connectivity index (χ4v) is 3.71. The number of carboxylic acid groups (broad SMARTS) is 1. The highest BCUT2D eigenvalue weighted by molar-refractivity contribution is 6.36. The van der Waals surface area contributed by atoms with E-state index in [0.29, 0.717) is 22.0 Å². The van der Waals surface area contributed by atoms with Crippen molar-refractivity contribution in [1.82, 2.24) is 4.90 Å². The summed E-state index contributed by atoms with van der Waals surface area (Å²) in [5, 5.41) is 10.4. The number of carbonyl (C=O) groups is 2. The highest BCUT2D eigenvalue weighted by atomic mass is 35.5. The second-order valence-electron chi connectivity index (χ2n) is 5.60. The topological polar surface area (TPSA) is 57.6 Å². The van der Waals surface area contributed by atoms with E-state index in [1.807, 2.05) is 0 Å². The molecule has 21 heavy (non-hydrogen) atoms. The van der Waals surface area contributed by atoms with Crippen LogP contribution in [0.5, 0.6) is 0 Å². The van der Waals surface area contributed by atoms with Gasteiger partial charge in [0.2, 0.25) is 5.91 Å². The van der Waals surface area contributed by atoms with Gasteiger partial charge in [0, 0.05) is 28.1 Å². The summed E-state index contributed by atoms with van der Waals surface area (Å²) >= 11 is 12.5. The normalized spacial score (nSPS) is 26.0. The summed E-state index contributed by atoms with van der Waals surface area (Å²) in [5.74, 6) is -1.58. The largest absolute Gasteiger partial charge is 0.481 e. The van der Waals surface area contributed by atoms with Crippen LogP contribution in [-0.4, -0.2) is 27.9 Å². The third-order valence-corrected chi connectivity index (χ3v) is 4.85. The molecule has 2 atom stereocenters. The molecule has 6 heteroatoms. The minimum atomic E-state index is -0.908. The van der Waals surface area contributed by atoms with Gasteiger partial charge in [-0.3, -0.25) is 9.59 Å². The Morgan fingerprint density at radius 3 is 2.33 bits per heavy atom. The molecule has 0 bridgehead atoms. The second-order valence-corrected chi connectivity index (χ2v) is 6.41. The van der Waals surface area contributed by atoms with Gasteiger partial charge in [0.1, 0.15) is 0 Å². The molecule has 1 amide bonds. The Kier molecular flexibility index (Phi) is 3.84. The molecule has 1 aromatic rings. The van der Waals surface area contributed by atoms with Crippen LogP contribution in [0, 0.1) is 5.92 Å². The van der Waals surface area contributed by atoms with Crippen molar-refractivity contribution >= 4 is 35.1 Å². The fraction of sp³-hybridized carbons (Fsp3) is 0.467. The van der Waals surface area contributed by atoms with Crippen LogP contribution in [0.2, 0.25) is 10.0 Å². The first-order chi connectivity index (χ1) is 10.0. The summed E-state index contributed by atoms with van der Waals surface area (Å²) in [4.78, 5) is 25.6. The molecule has 1 aromatic carbocycles. The van der Waals surface area contributed by atoms with E-state index >= 15 is 0 Å². The van der Waals surface area contributed by atoms with Crippen LogP contribution in [0.25, 0.3) is 0 Å². The third-order valence-electron chi connectivity index (χ3n) is 4.19. The lowest BCUT2D eigenvalue weighted by molar-refractivity contribution is -0.152. The van der Waals surface area contributed by atoms with Crippen LogP contribution in [-0.2, 0) is 9.59 Å². The molecule has 0 spiro atoms. The van der Waals surface area contributed by atoms with Gasteiger partial charge in [0.05, 0.1) is 12.0 Å². The van der Waals surface area contributed by atoms with E-state index in [0.717, 1.165) is 12.8 Å². The Labute approximate surface area is 132 Å². The predicted octanol–water partition coefficient (Wildman–Crippen LogP) is 3.52. The Hall–Kier alpha value is -1.26. The monoisotopic (exact) mass is 327 g/mol. The molecule has 112 valence electrons. The van der Waals surface area contributed by atoms with E-state index in [9.17, 15) is 14.7 Å². The zero-order valence-electron chi connectivity index (χ0n) is 11.3. The Bertz CT molecular complexity index is 580. The Morgan fingerprint density at radius 1 is 1.19 bits per heavy atom. The zero-order valence-corrected chi connectivity index (χ0v) is 12.8. The van der Waals surface area contributed by atoms with E-state index in [2.05, 4.69) is 0 Å². The number of carbonyl (C=O) groups excluding carboxylic acids is 1. The van der Waals surface area contributed by atoms with Crippen molar-refractivity contribution in [3.63, 3.8) is 0 Å². The Balaban J connectivity index is 2.11. The molecular weight excluding hydrogens is 313 g/mol. The summed E-state index contributed by atoms with van der Waals surface area (Å²) in [6.45, 7) is 0. The highest BCUT2D eigenvalue weighted by Gasteiger charge is 2.47. The molecule has 3 rings (SSSR count). The van der Waals surface area contributed by atoms with Gasteiger partial charge in [-0.05, 0) is 31.4 Å². The number of carboxylic acids is 1. The average molecular weight is 328 g/mol. The van der Waals surface area contributed by atoms with Crippen molar-refractivity contribution in [2.24, 2.45) is 5.92 Å². The van der Waals surface area contributed by atoms with Crippen LogP contribution in [0.3, 0.4) is 0 Å². The van der Waals surface area contributed by atoms with Crippen LogP contribution >= 0.6 is 23.2 Å². The predicted molar refractivity (Wildman–Crippen MR) is 79.4 cm³/mol. The summed E-state index contributed by atoms with van der Waals surface area (Å²) < 4.78 is 0. The Morgan fingerprint density at radius 2 is 1.81 bits per heavy atom. The molecule has 2 unspecified atom stereocenters. The fourth-order valence-electron chi connectivity index (χ4n) is 3.09. The van der Waals surface area contributed by atoms with Gasteiger partial charge in [-0.2, -0.15) is 0 Å². The van der Waals surface area contributed by atoms with Gasteiger partial charge in [-0.1, -0.05) is 29.3 Å². The molecule has 1 saturated heterocycles. The minimum absolute atomic E-state index is 0.00372. The van der Waals surface area contributed by atoms with Gasteiger partial charge >= 0.3 is 5.97 Å². The standard InChI is InChI=1S/C15H15Cl2NO3/c16-10-2-1-3-11(17)13(10)14-9(15(20)21)6-7-12(19)18(14)8-4-5-8/h1-3,8-9,14H,4-7H2,(H,20,21). The van der Waals surface area contributed by atoms with Crippen LogP contribution in [0.15, 0.2) is 18.2 Å². The number of piperidine rings is 1. The maximum absolute atomic E-state index is 12.3. The quantitative estimate of drug-likeness (QED) is 0.924. The molecule has 0 radical (unpaired) electrons. The second kappa shape index (κ2) is 5.50. The number of likely N-dealkylation sites (tertiary alicyclic amines) is 1. The number of amides is 1. The first-order valence-corrected chi connectivity index (χ1v) is 7.74. The van der Waals surface area contributed by atoms with Crippen LogP contribution in [0.4, 0.5) is 0 Å². The van der Waals surface area contributed by atoms with E-state index < -0.39 is 17.9 Å². The number of halogens is 2. The molecule has 2 aliphatic rings. The SMILES string of the molecule is O=C(O)C1CCC(=O)N(C2CC2)C1c1c(Cl)cccc1Cl. The van der Waals surface area contributed by atoms with E-state index in [-0.39, 0.29) is 18.4 Å². The molecule has 2 fully saturated rings. The molecule has 1 aliphatic carbocycles. The lowest BCUT2D eigenvalue weighted by Gasteiger charge is -2.40. The number of rotatable bonds is 3. The van der Waals surface area contributed by atoms with Crippen LogP contribution < -0.4 is 0 Å². The summed E-state index contributed by atoms with van der Waals surface area (Å²) in [6, 6.07) is 4.64. The molecule has 4 nitrogen and oxygen atoms in total. The number of hydrogen-bond acceptors (Lipinski definition) is 2. The summed E-state index contributed by atoms with van der Waals surface area (Å²) in [6.07, 6.45) is 2.42. The molecule has 0 aromatic heterocycles. The van der Waals surface area contributed by atoms with Crippen molar-refractivity contribution in [2.45, 2.75) is 37.8 Å². The van der Waals surface area contributed by atoms with Crippen LogP contribution in [0.1, 0.15) is 37.3 Å². The molecular formula is C15H15Cl2NO3. The van der Waals surface area contributed by atoms with Gasteiger partial charge in [-0.25, -0.2) is 0 Å². The minimum Gasteiger partial charge on any atom is -0.481 e. The van der Waals surface area contributed by atoms with Crippen molar-refractivity contribution in [1.29, 1.82) is 0 Å². The van der Waals surface area contributed by atoms with Crippen molar-refractivity contribution in [3.05, 3.63) is 33.8 Å². The average Bonchev–Trinajstić information content (AvgIpc) is 3.22. The van der Waals surface area contributed by atoms with Crippen molar-refractivity contribution < 1.29 is 14.7 Å². The van der Waals surface area contributed by atoms with Gasteiger partial charge in [0.15, 0.2) is 0 Å². The number of benzene rings is 1. The van der Waals surface area contributed by atoms with E-state index in [1.54, 1.807) is 23.1 Å². The lowest BCUT2D eigenvalue weighted by atomic mass is 9.84. The smallest absolute Gasteiger partial charge is 0.308 e. The first kappa shape index (κ1) is 14.7. The summed E-state index contributed by atoms with van der Waals surface area (Å²) in [5.41, 5.74) is 0.563. The molecule has 1 saturated carbocycles. The number of hydrogen-bond donors (Lipinski definition) is 1. The molecule has 1 aliphatic heterocycles. The first-order valence-electron chi connectivity index (χ1n) is 6.98. The number of aliphatic carboxylic acids is 1. The van der Waals surface area contributed by atoms with Gasteiger partial charge < -0.3 is 10.0 Å². The maximum Gasteiger partial charge on any atom is 0.308 e. The van der Waals surface area contributed by atoms with Gasteiger partial charge in [-0.15, -0.1) is 0 Å². The van der Waals surface area contributed by atoms with E-state index in [4.69, 9.17) is 23.2 Å². The van der Waals surface area contributed by atoms with Gasteiger partial charge in [0.25, 0.3) is 0 Å².